The molecule has 2 N–H and O–H groups in total. The lowest BCUT2D eigenvalue weighted by Crippen LogP contribution is -2.15. The predicted octanol–water partition coefficient (Wildman–Crippen LogP) is 2.08. The van der Waals surface area contributed by atoms with Gasteiger partial charge in [-0.25, -0.2) is 13.4 Å². The molecule has 0 spiro atoms. The maximum absolute atomic E-state index is 12.0. The van der Waals surface area contributed by atoms with E-state index in [1.807, 2.05) is 0 Å². The summed E-state index contributed by atoms with van der Waals surface area (Å²) in [6, 6.07) is 6.59. The second-order valence-corrected chi connectivity index (χ2v) is 7.10. The Bertz CT molecular complexity index is 738. The average Bonchev–Trinajstić information content (AvgIpc) is 2.77. The number of sulfonamides is 1. The molecule has 0 atom stereocenters. The Hall–Kier alpha value is -1.93. The zero-order valence-corrected chi connectivity index (χ0v) is 12.5. The van der Waals surface area contributed by atoms with Crippen LogP contribution in [0.4, 0.5) is 11.4 Å². The monoisotopic (exact) mass is 311 g/mol. The predicted molar refractivity (Wildman–Crippen MR) is 79.7 cm³/mol. The van der Waals surface area contributed by atoms with Crippen molar-refractivity contribution < 1.29 is 13.2 Å². The highest BCUT2D eigenvalue weighted by atomic mass is 32.2. The van der Waals surface area contributed by atoms with E-state index < -0.39 is 10.0 Å². The minimum atomic E-state index is -3.41. The number of benzene rings is 1. The maximum atomic E-state index is 12.0. The molecule has 1 aromatic heterocycles. The molecular weight excluding hydrogens is 298 g/mol. The van der Waals surface area contributed by atoms with E-state index >= 15 is 0 Å². The molecule has 1 aromatic carbocycles. The molecule has 20 heavy (non-hydrogen) atoms. The number of carbonyl (C=O) groups excluding carboxylic acids is 1. The summed E-state index contributed by atoms with van der Waals surface area (Å²) in [6.45, 7) is 1.81. The molecule has 6 nitrogen and oxygen atoms in total. The van der Waals surface area contributed by atoms with Crippen LogP contribution in [-0.4, -0.2) is 25.6 Å². The molecule has 1 heterocycles. The highest BCUT2D eigenvalue weighted by Crippen LogP contribution is 2.23. The Balaban J connectivity index is 2.23. The van der Waals surface area contributed by atoms with E-state index in [2.05, 4.69) is 15.0 Å². The van der Waals surface area contributed by atoms with Gasteiger partial charge in [-0.05, 0) is 19.1 Å². The van der Waals surface area contributed by atoms with Gasteiger partial charge in [-0.2, -0.15) is 0 Å². The summed E-state index contributed by atoms with van der Waals surface area (Å²) in [5.41, 5.74) is 0.721. The minimum absolute atomic E-state index is 0.321. The summed E-state index contributed by atoms with van der Waals surface area (Å²) in [6.07, 6.45) is 2.54. The Labute approximate surface area is 120 Å². The molecule has 0 bridgehead atoms. The number of aryl methyl sites for hydroxylation is 1. The van der Waals surface area contributed by atoms with Gasteiger partial charge in [0.2, 0.25) is 10.0 Å². The van der Waals surface area contributed by atoms with Crippen molar-refractivity contribution >= 4 is 38.6 Å². The van der Waals surface area contributed by atoms with Crippen molar-refractivity contribution in [3.8, 4) is 0 Å². The Morgan fingerprint density at radius 3 is 2.45 bits per heavy atom. The Morgan fingerprint density at radius 2 is 1.90 bits per heavy atom. The fourth-order valence-electron chi connectivity index (χ4n) is 1.53. The third-order valence-corrected chi connectivity index (χ3v) is 3.82. The van der Waals surface area contributed by atoms with Crippen LogP contribution in [0.2, 0.25) is 0 Å². The van der Waals surface area contributed by atoms with Crippen LogP contribution in [0.1, 0.15) is 14.7 Å². The standard InChI is InChI=1S/C12H13N3O3S2/c1-8-13-7-11(19-8)12(16)14-9-5-3-4-6-10(9)15-20(2,17)18/h3-7,15H,1-2H3,(H,14,16). The number of thiazole rings is 1. The van der Waals surface area contributed by atoms with Crippen molar-refractivity contribution in [2.24, 2.45) is 0 Å². The smallest absolute Gasteiger partial charge is 0.267 e. The van der Waals surface area contributed by atoms with E-state index in [-0.39, 0.29) is 5.91 Å². The molecule has 0 saturated heterocycles. The molecule has 0 fully saturated rings. The van der Waals surface area contributed by atoms with Gasteiger partial charge in [-0.3, -0.25) is 9.52 Å². The van der Waals surface area contributed by atoms with Gasteiger partial charge in [0.1, 0.15) is 4.88 Å². The summed E-state index contributed by atoms with van der Waals surface area (Å²) in [4.78, 5) is 16.5. The van der Waals surface area contributed by atoms with Crippen molar-refractivity contribution in [3.63, 3.8) is 0 Å². The number of nitrogens with one attached hydrogen (secondary N) is 2. The molecule has 0 aliphatic carbocycles. The van der Waals surface area contributed by atoms with Crippen LogP contribution >= 0.6 is 11.3 Å². The zero-order valence-electron chi connectivity index (χ0n) is 10.9. The number of para-hydroxylation sites is 2. The number of anilines is 2. The molecule has 106 valence electrons. The number of rotatable bonds is 4. The second-order valence-electron chi connectivity index (χ2n) is 4.12. The van der Waals surface area contributed by atoms with E-state index in [4.69, 9.17) is 0 Å². The highest BCUT2D eigenvalue weighted by Gasteiger charge is 2.13. The topological polar surface area (TPSA) is 88.2 Å². The first-order valence-corrected chi connectivity index (χ1v) is 8.36. The van der Waals surface area contributed by atoms with Crippen molar-refractivity contribution in [1.29, 1.82) is 0 Å². The maximum Gasteiger partial charge on any atom is 0.267 e. The van der Waals surface area contributed by atoms with Crippen molar-refractivity contribution in [3.05, 3.63) is 40.3 Å². The number of amides is 1. The van der Waals surface area contributed by atoms with E-state index in [0.29, 0.717) is 16.3 Å². The van der Waals surface area contributed by atoms with Gasteiger partial charge in [0.05, 0.1) is 28.8 Å². The summed E-state index contributed by atoms with van der Waals surface area (Å²) >= 11 is 1.27. The molecule has 0 radical (unpaired) electrons. The van der Waals surface area contributed by atoms with E-state index in [1.54, 1.807) is 31.2 Å². The van der Waals surface area contributed by atoms with Gasteiger partial charge >= 0.3 is 0 Å². The molecule has 0 unspecified atom stereocenters. The molecule has 2 rings (SSSR count). The number of hydrogen-bond acceptors (Lipinski definition) is 5. The quantitative estimate of drug-likeness (QED) is 0.905. The van der Waals surface area contributed by atoms with Crippen molar-refractivity contribution in [2.75, 3.05) is 16.3 Å². The average molecular weight is 311 g/mol. The second kappa shape index (κ2) is 5.59. The Morgan fingerprint density at radius 1 is 1.25 bits per heavy atom. The van der Waals surface area contributed by atoms with Gasteiger partial charge in [0.25, 0.3) is 5.91 Å². The summed E-state index contributed by atoms with van der Waals surface area (Å²) in [5, 5.41) is 3.46. The molecule has 0 saturated carbocycles. The highest BCUT2D eigenvalue weighted by molar-refractivity contribution is 7.92. The molecule has 2 aromatic rings. The SMILES string of the molecule is Cc1ncc(C(=O)Nc2ccccc2NS(C)(=O)=O)s1. The summed E-state index contributed by atoms with van der Waals surface area (Å²) in [7, 11) is -3.41. The fraction of sp³-hybridized carbons (Fsp3) is 0.167. The van der Waals surface area contributed by atoms with Crippen molar-refractivity contribution in [2.45, 2.75) is 6.92 Å². The van der Waals surface area contributed by atoms with Crippen LogP contribution in [-0.2, 0) is 10.0 Å². The van der Waals surface area contributed by atoms with Gasteiger partial charge in [-0.15, -0.1) is 11.3 Å². The Kier molecular flexibility index (Phi) is 4.05. The summed E-state index contributed by atoms with van der Waals surface area (Å²) in [5.74, 6) is -0.321. The van der Waals surface area contributed by atoms with Crippen LogP contribution in [0.15, 0.2) is 30.5 Å². The van der Waals surface area contributed by atoms with Gasteiger partial charge in [-0.1, -0.05) is 12.1 Å². The lowest BCUT2D eigenvalue weighted by Gasteiger charge is -2.11. The molecular formula is C12H13N3O3S2. The first kappa shape index (κ1) is 14.5. The number of aromatic nitrogens is 1. The number of carbonyl (C=O) groups is 1. The van der Waals surface area contributed by atoms with Gasteiger partial charge in [0, 0.05) is 0 Å². The number of nitrogens with zero attached hydrogens (tertiary/aromatic N) is 1. The van der Waals surface area contributed by atoms with Gasteiger partial charge < -0.3 is 5.32 Å². The van der Waals surface area contributed by atoms with Crippen molar-refractivity contribution in [1.82, 2.24) is 4.98 Å². The first-order valence-electron chi connectivity index (χ1n) is 5.66. The van der Waals surface area contributed by atoms with Crippen LogP contribution in [0.25, 0.3) is 0 Å². The fourth-order valence-corrected chi connectivity index (χ4v) is 2.78. The normalized spacial score (nSPS) is 11.1. The van der Waals surface area contributed by atoms with Crippen LogP contribution in [0, 0.1) is 6.92 Å². The molecule has 0 aliphatic heterocycles. The first-order chi connectivity index (χ1) is 9.35. The van der Waals surface area contributed by atoms with E-state index in [0.717, 1.165) is 11.3 Å². The largest absolute Gasteiger partial charge is 0.319 e. The molecule has 1 amide bonds. The van der Waals surface area contributed by atoms with E-state index in [9.17, 15) is 13.2 Å². The van der Waals surface area contributed by atoms with Crippen LogP contribution < -0.4 is 10.0 Å². The summed E-state index contributed by atoms with van der Waals surface area (Å²) < 4.78 is 24.9. The van der Waals surface area contributed by atoms with Crippen LogP contribution in [0.5, 0.6) is 0 Å². The van der Waals surface area contributed by atoms with Crippen LogP contribution in [0.3, 0.4) is 0 Å². The zero-order chi connectivity index (χ0) is 14.8. The minimum Gasteiger partial charge on any atom is -0.319 e. The number of hydrogen-bond donors (Lipinski definition) is 2. The molecule has 0 aliphatic rings. The lowest BCUT2D eigenvalue weighted by molar-refractivity contribution is 0.103. The lowest BCUT2D eigenvalue weighted by atomic mass is 10.2. The third kappa shape index (κ3) is 3.78. The van der Waals surface area contributed by atoms with E-state index in [1.165, 1.54) is 17.5 Å². The third-order valence-electron chi connectivity index (χ3n) is 2.32. The van der Waals surface area contributed by atoms with Gasteiger partial charge in [0.15, 0.2) is 0 Å². The molecule has 8 heteroatoms.